The second-order valence-electron chi connectivity index (χ2n) is 6.89. The van der Waals surface area contributed by atoms with Gasteiger partial charge in [-0.25, -0.2) is 0 Å². The van der Waals surface area contributed by atoms with E-state index in [0.29, 0.717) is 12.2 Å². The zero-order valence-electron chi connectivity index (χ0n) is 14.9. The molecule has 6 heteroatoms. The van der Waals surface area contributed by atoms with Gasteiger partial charge in [0.05, 0.1) is 6.10 Å². The van der Waals surface area contributed by atoms with Gasteiger partial charge in [-0.2, -0.15) is 5.10 Å². The van der Waals surface area contributed by atoms with E-state index in [1.54, 1.807) is 16.9 Å². The van der Waals surface area contributed by atoms with Crippen LogP contribution in [0.4, 0.5) is 0 Å². The maximum absolute atomic E-state index is 12.1. The number of aliphatic hydroxyl groups is 1. The van der Waals surface area contributed by atoms with E-state index in [0.717, 1.165) is 19.5 Å². The van der Waals surface area contributed by atoms with Crippen molar-refractivity contribution < 1.29 is 9.90 Å². The molecule has 0 saturated carbocycles. The molecule has 25 heavy (non-hydrogen) atoms. The van der Waals surface area contributed by atoms with E-state index in [2.05, 4.69) is 39.6 Å². The van der Waals surface area contributed by atoms with Crippen molar-refractivity contribution in [3.05, 3.63) is 53.3 Å². The van der Waals surface area contributed by atoms with E-state index < -0.39 is 6.10 Å². The van der Waals surface area contributed by atoms with Crippen LogP contribution in [0.2, 0.25) is 0 Å². The molecule has 0 saturated heterocycles. The number of carbonyl (C=O) groups excluding carboxylic acids is 1. The number of β-amino-alcohol motifs (C(OH)–C–C–N with tert-alkyl or cyclic N) is 1. The van der Waals surface area contributed by atoms with Gasteiger partial charge in [0.15, 0.2) is 0 Å². The highest BCUT2D eigenvalue weighted by Crippen LogP contribution is 2.18. The second kappa shape index (κ2) is 7.80. The van der Waals surface area contributed by atoms with Crippen molar-refractivity contribution in [1.82, 2.24) is 20.0 Å². The molecule has 0 unspecified atom stereocenters. The minimum absolute atomic E-state index is 0.217. The predicted molar refractivity (Wildman–Crippen MR) is 96.4 cm³/mol. The Labute approximate surface area is 148 Å². The summed E-state index contributed by atoms with van der Waals surface area (Å²) in [5.74, 6) is -0.248. The Bertz CT molecular complexity index is 726. The van der Waals surface area contributed by atoms with Gasteiger partial charge in [0.25, 0.3) is 5.91 Å². The third-order valence-electron chi connectivity index (χ3n) is 4.55. The first-order chi connectivity index (χ1) is 12.0. The third kappa shape index (κ3) is 4.46. The van der Waals surface area contributed by atoms with Crippen molar-refractivity contribution in [2.45, 2.75) is 39.0 Å². The SMILES string of the molecule is CC(C)n1ccc(C(=O)NC[C@@H](O)CN2CCc3ccccc3C2)n1. The van der Waals surface area contributed by atoms with Crippen molar-refractivity contribution in [3.63, 3.8) is 0 Å². The van der Waals surface area contributed by atoms with Crippen LogP contribution in [-0.2, 0) is 13.0 Å². The minimum Gasteiger partial charge on any atom is -0.390 e. The molecule has 3 rings (SSSR count). The molecule has 1 aliphatic rings. The Morgan fingerprint density at radius 2 is 2.04 bits per heavy atom. The summed E-state index contributed by atoms with van der Waals surface area (Å²) in [7, 11) is 0. The fourth-order valence-electron chi connectivity index (χ4n) is 3.12. The normalized spacial score (nSPS) is 15.8. The average Bonchev–Trinajstić information content (AvgIpc) is 3.10. The van der Waals surface area contributed by atoms with E-state index in [1.165, 1.54) is 11.1 Å². The van der Waals surface area contributed by atoms with Gasteiger partial charge in [-0.15, -0.1) is 0 Å². The summed E-state index contributed by atoms with van der Waals surface area (Å²) in [6.07, 6.45) is 2.20. The molecule has 0 bridgehead atoms. The summed E-state index contributed by atoms with van der Waals surface area (Å²) in [6.45, 7) is 6.58. The first kappa shape index (κ1) is 17.6. The van der Waals surface area contributed by atoms with Crippen molar-refractivity contribution in [1.29, 1.82) is 0 Å². The predicted octanol–water partition coefficient (Wildman–Crippen LogP) is 1.61. The molecule has 2 N–H and O–H groups in total. The largest absolute Gasteiger partial charge is 0.390 e. The lowest BCUT2D eigenvalue weighted by atomic mass is 10.00. The van der Waals surface area contributed by atoms with Crippen LogP contribution in [0.5, 0.6) is 0 Å². The van der Waals surface area contributed by atoms with Crippen LogP contribution < -0.4 is 5.32 Å². The molecule has 0 spiro atoms. The summed E-state index contributed by atoms with van der Waals surface area (Å²) in [6, 6.07) is 10.3. The fourth-order valence-corrected chi connectivity index (χ4v) is 3.12. The number of nitrogens with one attached hydrogen (secondary N) is 1. The van der Waals surface area contributed by atoms with Gasteiger partial charge in [-0.3, -0.25) is 14.4 Å². The number of aromatic nitrogens is 2. The van der Waals surface area contributed by atoms with E-state index in [9.17, 15) is 9.90 Å². The van der Waals surface area contributed by atoms with Gasteiger partial charge in [0, 0.05) is 38.4 Å². The highest BCUT2D eigenvalue weighted by Gasteiger charge is 2.19. The van der Waals surface area contributed by atoms with Crippen molar-refractivity contribution in [2.75, 3.05) is 19.6 Å². The van der Waals surface area contributed by atoms with Crippen LogP contribution in [-0.4, -0.2) is 51.4 Å². The van der Waals surface area contributed by atoms with Crippen LogP contribution in [0, 0.1) is 0 Å². The number of benzene rings is 1. The highest BCUT2D eigenvalue weighted by atomic mass is 16.3. The van der Waals surface area contributed by atoms with E-state index in [-0.39, 0.29) is 18.5 Å². The number of rotatable bonds is 6. The van der Waals surface area contributed by atoms with E-state index in [1.807, 2.05) is 13.8 Å². The highest BCUT2D eigenvalue weighted by molar-refractivity contribution is 5.92. The first-order valence-electron chi connectivity index (χ1n) is 8.83. The van der Waals surface area contributed by atoms with Crippen LogP contribution in [0.15, 0.2) is 36.5 Å². The summed E-state index contributed by atoms with van der Waals surface area (Å²) in [4.78, 5) is 14.4. The summed E-state index contributed by atoms with van der Waals surface area (Å²) < 4.78 is 1.75. The Morgan fingerprint density at radius 3 is 2.76 bits per heavy atom. The monoisotopic (exact) mass is 342 g/mol. The molecular weight excluding hydrogens is 316 g/mol. The number of nitrogens with zero attached hydrogens (tertiary/aromatic N) is 3. The number of amides is 1. The molecule has 134 valence electrons. The van der Waals surface area contributed by atoms with Crippen molar-refractivity contribution >= 4 is 5.91 Å². The standard InChI is InChI=1S/C19H26N4O2/c1-14(2)23-10-8-18(21-23)19(25)20-11-17(24)13-22-9-7-15-5-3-4-6-16(15)12-22/h3-6,8,10,14,17,24H,7,9,11-13H2,1-2H3,(H,20,25)/t17-/m1/s1. The molecular formula is C19H26N4O2. The van der Waals surface area contributed by atoms with Gasteiger partial charge in [0.2, 0.25) is 0 Å². The second-order valence-corrected chi connectivity index (χ2v) is 6.89. The summed E-state index contributed by atoms with van der Waals surface area (Å²) in [5, 5.41) is 17.3. The Balaban J connectivity index is 1.46. The molecule has 1 aliphatic heterocycles. The Morgan fingerprint density at radius 1 is 1.28 bits per heavy atom. The molecule has 6 nitrogen and oxygen atoms in total. The molecule has 0 radical (unpaired) electrons. The third-order valence-corrected chi connectivity index (χ3v) is 4.55. The van der Waals surface area contributed by atoms with E-state index in [4.69, 9.17) is 0 Å². The lowest BCUT2D eigenvalue weighted by Gasteiger charge is -2.30. The molecule has 1 aromatic heterocycles. The van der Waals surface area contributed by atoms with E-state index >= 15 is 0 Å². The number of aliphatic hydroxyl groups excluding tert-OH is 1. The lowest BCUT2D eigenvalue weighted by Crippen LogP contribution is -2.42. The van der Waals surface area contributed by atoms with Gasteiger partial charge >= 0.3 is 0 Å². The number of hydrogen-bond donors (Lipinski definition) is 2. The smallest absolute Gasteiger partial charge is 0.271 e. The quantitative estimate of drug-likeness (QED) is 0.837. The zero-order valence-corrected chi connectivity index (χ0v) is 14.9. The van der Waals surface area contributed by atoms with Gasteiger partial charge in [-0.1, -0.05) is 24.3 Å². The van der Waals surface area contributed by atoms with Gasteiger partial charge < -0.3 is 10.4 Å². The number of carbonyl (C=O) groups is 1. The molecule has 1 atom stereocenters. The summed E-state index contributed by atoms with van der Waals surface area (Å²) in [5.41, 5.74) is 3.10. The maximum Gasteiger partial charge on any atom is 0.271 e. The zero-order chi connectivity index (χ0) is 17.8. The van der Waals surface area contributed by atoms with Gasteiger partial charge in [0.1, 0.15) is 5.69 Å². The van der Waals surface area contributed by atoms with Crippen molar-refractivity contribution in [3.8, 4) is 0 Å². The molecule has 1 amide bonds. The summed E-state index contributed by atoms with van der Waals surface area (Å²) >= 11 is 0. The van der Waals surface area contributed by atoms with Crippen LogP contribution in [0.1, 0.15) is 41.5 Å². The van der Waals surface area contributed by atoms with Crippen LogP contribution >= 0.6 is 0 Å². The Hall–Kier alpha value is -2.18. The van der Waals surface area contributed by atoms with Crippen molar-refractivity contribution in [2.24, 2.45) is 0 Å². The maximum atomic E-state index is 12.1. The van der Waals surface area contributed by atoms with Gasteiger partial charge in [-0.05, 0) is 37.5 Å². The van der Waals surface area contributed by atoms with Crippen LogP contribution in [0.25, 0.3) is 0 Å². The molecule has 1 aromatic carbocycles. The lowest BCUT2D eigenvalue weighted by molar-refractivity contribution is 0.0837. The number of fused-ring (bicyclic) bond motifs is 1. The molecule has 0 fully saturated rings. The minimum atomic E-state index is -0.596. The number of hydrogen-bond acceptors (Lipinski definition) is 4. The van der Waals surface area contributed by atoms with Crippen LogP contribution in [0.3, 0.4) is 0 Å². The topological polar surface area (TPSA) is 70.4 Å². The molecule has 2 heterocycles. The molecule has 0 aliphatic carbocycles. The molecule has 2 aromatic rings. The first-order valence-corrected chi connectivity index (χ1v) is 8.83. The Kier molecular flexibility index (Phi) is 5.50. The average molecular weight is 342 g/mol. The fraction of sp³-hybridized carbons (Fsp3) is 0.474.